The Morgan fingerprint density at radius 3 is 2.15 bits per heavy atom. The zero-order valence-electron chi connectivity index (χ0n) is 15.3. The van der Waals surface area contributed by atoms with Gasteiger partial charge in [0.1, 0.15) is 18.1 Å². The van der Waals surface area contributed by atoms with E-state index in [-0.39, 0.29) is 11.9 Å². The molecule has 2 rings (SSSR count). The first-order valence-electron chi connectivity index (χ1n) is 8.47. The van der Waals surface area contributed by atoms with Gasteiger partial charge in [0.15, 0.2) is 6.61 Å². The van der Waals surface area contributed by atoms with Gasteiger partial charge in [0.25, 0.3) is 5.91 Å². The summed E-state index contributed by atoms with van der Waals surface area (Å²) in [6.45, 7) is 2.43. The van der Waals surface area contributed by atoms with E-state index < -0.39 is 12.6 Å². The molecule has 0 saturated heterocycles. The number of carboxylic acid groups (broad SMARTS) is 1. The fraction of sp³-hybridized carbons (Fsp3) is 0.300. The molecule has 0 heterocycles. The number of benzene rings is 2. The number of carboxylic acids is 1. The van der Waals surface area contributed by atoms with Crippen molar-refractivity contribution in [2.24, 2.45) is 0 Å². The highest BCUT2D eigenvalue weighted by Gasteiger charge is 2.12. The Bertz CT molecular complexity index is 742. The van der Waals surface area contributed by atoms with Crippen LogP contribution in [0, 0.1) is 0 Å². The maximum atomic E-state index is 12.4. The summed E-state index contributed by atoms with van der Waals surface area (Å²) in [7, 11) is 1.61. The van der Waals surface area contributed by atoms with Crippen LogP contribution in [0.1, 0.15) is 28.9 Å². The molecule has 1 unspecified atom stereocenters. The van der Waals surface area contributed by atoms with Crippen LogP contribution in [0.4, 0.5) is 0 Å². The topological polar surface area (TPSA) is 94.1 Å². The minimum absolute atomic E-state index is 0.197. The first-order valence-corrected chi connectivity index (χ1v) is 8.47. The average Bonchev–Trinajstić information content (AvgIpc) is 2.67. The summed E-state index contributed by atoms with van der Waals surface area (Å²) in [5.41, 5.74) is 1.41. The predicted molar refractivity (Wildman–Crippen MR) is 99.3 cm³/mol. The minimum Gasteiger partial charge on any atom is -0.491 e. The van der Waals surface area contributed by atoms with Crippen molar-refractivity contribution in [3.8, 4) is 11.5 Å². The molecule has 0 aromatic heterocycles. The van der Waals surface area contributed by atoms with E-state index in [1.807, 2.05) is 6.92 Å². The lowest BCUT2D eigenvalue weighted by molar-refractivity contribution is -0.139. The summed E-state index contributed by atoms with van der Waals surface area (Å²) in [5.74, 6) is -0.0932. The Kier molecular flexibility index (Phi) is 7.63. The average molecular weight is 373 g/mol. The third kappa shape index (κ3) is 6.63. The molecule has 2 N–H and O–H groups in total. The van der Waals surface area contributed by atoms with Gasteiger partial charge in [-0.1, -0.05) is 12.1 Å². The van der Waals surface area contributed by atoms with Crippen molar-refractivity contribution in [1.82, 2.24) is 5.32 Å². The summed E-state index contributed by atoms with van der Waals surface area (Å²) in [4.78, 5) is 22.9. The maximum absolute atomic E-state index is 12.4. The molecule has 0 aliphatic carbocycles. The third-order valence-electron chi connectivity index (χ3n) is 3.76. The van der Waals surface area contributed by atoms with E-state index in [4.69, 9.17) is 19.3 Å². The Morgan fingerprint density at radius 2 is 1.56 bits per heavy atom. The van der Waals surface area contributed by atoms with Gasteiger partial charge in [-0.25, -0.2) is 4.79 Å². The molecule has 27 heavy (non-hydrogen) atoms. The quantitative estimate of drug-likeness (QED) is 0.622. The second kappa shape index (κ2) is 10.2. The second-order valence-electron chi connectivity index (χ2n) is 5.81. The normalized spacial score (nSPS) is 11.5. The standard InChI is InChI=1S/C20H23NO6/c1-14(15-3-7-18(8-4-15)27-13-19(22)23)21-20(24)16-5-9-17(10-6-16)26-12-11-25-2/h3-10,14H,11-13H2,1-2H3,(H,21,24)(H,22,23). The molecule has 0 radical (unpaired) electrons. The number of methoxy groups -OCH3 is 1. The van der Waals surface area contributed by atoms with Gasteiger partial charge in [-0.3, -0.25) is 4.79 Å². The van der Waals surface area contributed by atoms with Crippen molar-refractivity contribution in [2.75, 3.05) is 26.9 Å². The minimum atomic E-state index is -1.03. The van der Waals surface area contributed by atoms with E-state index >= 15 is 0 Å². The molecule has 0 fully saturated rings. The summed E-state index contributed by atoms with van der Waals surface area (Å²) in [5, 5.41) is 11.5. The highest BCUT2D eigenvalue weighted by molar-refractivity contribution is 5.94. The lowest BCUT2D eigenvalue weighted by Crippen LogP contribution is -2.26. The number of hydrogen-bond acceptors (Lipinski definition) is 5. The number of amides is 1. The number of ether oxygens (including phenoxy) is 3. The molecule has 0 aliphatic rings. The Hall–Kier alpha value is -3.06. The Labute approximate surface area is 157 Å². The lowest BCUT2D eigenvalue weighted by Gasteiger charge is -2.15. The maximum Gasteiger partial charge on any atom is 0.341 e. The Balaban J connectivity index is 1.89. The first kappa shape index (κ1) is 20.3. The molecule has 0 bridgehead atoms. The van der Waals surface area contributed by atoms with Crippen molar-refractivity contribution >= 4 is 11.9 Å². The number of carbonyl (C=O) groups is 2. The van der Waals surface area contributed by atoms with E-state index in [1.165, 1.54) is 0 Å². The number of hydrogen-bond donors (Lipinski definition) is 2. The molecule has 0 spiro atoms. The summed E-state index contributed by atoms with van der Waals surface area (Å²) in [6.07, 6.45) is 0. The monoisotopic (exact) mass is 373 g/mol. The van der Waals surface area contributed by atoms with Crippen molar-refractivity contribution in [3.63, 3.8) is 0 Å². The van der Waals surface area contributed by atoms with Gasteiger partial charge in [0.05, 0.1) is 12.6 Å². The molecular weight excluding hydrogens is 350 g/mol. The van der Waals surface area contributed by atoms with E-state index in [2.05, 4.69) is 5.32 Å². The van der Waals surface area contributed by atoms with Gasteiger partial charge in [0.2, 0.25) is 0 Å². The van der Waals surface area contributed by atoms with Crippen LogP contribution in [0.2, 0.25) is 0 Å². The molecule has 1 atom stereocenters. The molecule has 0 aliphatic heterocycles. The van der Waals surface area contributed by atoms with Crippen molar-refractivity contribution < 1.29 is 28.9 Å². The number of carbonyl (C=O) groups excluding carboxylic acids is 1. The number of nitrogens with one attached hydrogen (secondary N) is 1. The fourth-order valence-corrected chi connectivity index (χ4v) is 2.31. The zero-order valence-corrected chi connectivity index (χ0v) is 15.3. The van der Waals surface area contributed by atoms with Crippen LogP contribution in [0.3, 0.4) is 0 Å². The van der Waals surface area contributed by atoms with Crippen molar-refractivity contribution in [2.45, 2.75) is 13.0 Å². The van der Waals surface area contributed by atoms with Gasteiger partial charge in [-0.15, -0.1) is 0 Å². The molecule has 2 aromatic rings. The van der Waals surface area contributed by atoms with Gasteiger partial charge >= 0.3 is 5.97 Å². The summed E-state index contributed by atoms with van der Waals surface area (Å²) in [6, 6.07) is 13.6. The molecule has 144 valence electrons. The molecule has 7 nitrogen and oxygen atoms in total. The SMILES string of the molecule is COCCOc1ccc(C(=O)NC(C)c2ccc(OCC(=O)O)cc2)cc1. The van der Waals surface area contributed by atoms with Gasteiger partial charge in [0, 0.05) is 12.7 Å². The van der Waals surface area contributed by atoms with Crippen LogP contribution >= 0.6 is 0 Å². The summed E-state index contributed by atoms with van der Waals surface area (Å²) >= 11 is 0. The van der Waals surface area contributed by atoms with Crippen LogP contribution in [0.25, 0.3) is 0 Å². The second-order valence-corrected chi connectivity index (χ2v) is 5.81. The largest absolute Gasteiger partial charge is 0.491 e. The molecule has 0 saturated carbocycles. The van der Waals surface area contributed by atoms with Crippen LogP contribution in [0.5, 0.6) is 11.5 Å². The van der Waals surface area contributed by atoms with Gasteiger partial charge < -0.3 is 24.6 Å². The predicted octanol–water partition coefficient (Wildman–Crippen LogP) is 2.67. The van der Waals surface area contributed by atoms with Gasteiger partial charge in [-0.05, 0) is 48.9 Å². The van der Waals surface area contributed by atoms with E-state index in [0.717, 1.165) is 5.56 Å². The highest BCUT2D eigenvalue weighted by Crippen LogP contribution is 2.19. The molecular formula is C20H23NO6. The van der Waals surface area contributed by atoms with Crippen LogP contribution in [-0.4, -0.2) is 43.9 Å². The molecule has 7 heteroatoms. The smallest absolute Gasteiger partial charge is 0.341 e. The van der Waals surface area contributed by atoms with Crippen LogP contribution in [0.15, 0.2) is 48.5 Å². The number of aliphatic carboxylic acids is 1. The molecule has 1 amide bonds. The fourth-order valence-electron chi connectivity index (χ4n) is 2.31. The number of rotatable bonds is 10. The van der Waals surface area contributed by atoms with E-state index in [9.17, 15) is 9.59 Å². The van der Waals surface area contributed by atoms with Crippen molar-refractivity contribution in [1.29, 1.82) is 0 Å². The van der Waals surface area contributed by atoms with E-state index in [0.29, 0.717) is 30.3 Å². The summed E-state index contributed by atoms with van der Waals surface area (Å²) < 4.78 is 15.5. The van der Waals surface area contributed by atoms with E-state index in [1.54, 1.807) is 55.6 Å². The zero-order chi connectivity index (χ0) is 19.6. The Morgan fingerprint density at radius 1 is 0.963 bits per heavy atom. The first-order chi connectivity index (χ1) is 13.0. The van der Waals surface area contributed by atoms with Crippen LogP contribution < -0.4 is 14.8 Å². The van der Waals surface area contributed by atoms with Crippen molar-refractivity contribution in [3.05, 3.63) is 59.7 Å². The van der Waals surface area contributed by atoms with Crippen LogP contribution in [-0.2, 0) is 9.53 Å². The van der Waals surface area contributed by atoms with Gasteiger partial charge in [-0.2, -0.15) is 0 Å². The third-order valence-corrected chi connectivity index (χ3v) is 3.76. The lowest BCUT2D eigenvalue weighted by atomic mass is 10.1. The molecule has 2 aromatic carbocycles. The highest BCUT2D eigenvalue weighted by atomic mass is 16.5.